The third kappa shape index (κ3) is 18.8. The summed E-state index contributed by atoms with van der Waals surface area (Å²) in [5.74, 6) is 0.0871. The summed E-state index contributed by atoms with van der Waals surface area (Å²) in [6, 6.07) is 0. The molecule has 0 atom stereocenters. The minimum Gasteiger partial charge on any atom is -0.414 e. The van der Waals surface area contributed by atoms with Gasteiger partial charge in [0.25, 0.3) is 0 Å². The predicted molar refractivity (Wildman–Crippen MR) is 220 cm³/mol. The molecule has 0 bridgehead atoms. The highest BCUT2D eigenvalue weighted by Gasteiger charge is 2.46. The third-order valence-corrected chi connectivity index (χ3v) is 25.1. The van der Waals surface area contributed by atoms with E-state index in [1.165, 1.54) is 70.6 Å². The van der Waals surface area contributed by atoms with Gasteiger partial charge in [0.1, 0.15) is 5.54 Å². The molecule has 0 aliphatic rings. The average molecular weight is 728 g/mol. The second-order valence-corrected chi connectivity index (χ2v) is 33.7. The average Bonchev–Trinajstić information content (AvgIpc) is 2.94. The van der Waals surface area contributed by atoms with E-state index < -0.39 is 30.5 Å². The summed E-state index contributed by atoms with van der Waals surface area (Å²) < 4.78 is 20.6. The van der Waals surface area contributed by atoms with Crippen LogP contribution in [0.25, 0.3) is 0 Å². The number of carbonyl (C=O) groups excluding carboxylic acids is 1. The van der Waals surface area contributed by atoms with E-state index in [-0.39, 0.29) is 21.0 Å². The van der Waals surface area contributed by atoms with Gasteiger partial charge in [0.15, 0.2) is 25.0 Å². The standard InChI is InChI=1S/C40H85NO4Si3/c1-17-18-19-20-21-22-23-24-25-26-27-28-29-30-31-32-36(42)41-40(33-43-46(11,12)37(2,3)4,34-44-47(13,14)38(5,6)7)35-45-48(15,16)39(8,9)10/h24-25H,17-23,26-35H2,1-16H3,(H,41,42). The molecule has 0 aromatic carbocycles. The molecule has 8 heteroatoms. The maximum absolute atomic E-state index is 13.7. The zero-order valence-electron chi connectivity index (χ0n) is 35.3. The molecule has 5 nitrogen and oxygen atoms in total. The number of nitrogens with one attached hydrogen (secondary N) is 1. The predicted octanol–water partition coefficient (Wildman–Crippen LogP) is 12.9. The molecule has 0 heterocycles. The summed E-state index contributed by atoms with van der Waals surface area (Å²) in [4.78, 5) is 13.7. The lowest BCUT2D eigenvalue weighted by Gasteiger charge is -2.46. The number of carbonyl (C=O) groups is 1. The maximum Gasteiger partial charge on any atom is 0.220 e. The Kier molecular flexibility index (Phi) is 21.2. The van der Waals surface area contributed by atoms with Gasteiger partial charge in [-0.3, -0.25) is 4.79 Å². The summed E-state index contributed by atoms with van der Waals surface area (Å²) in [5.41, 5.74) is -0.737. The molecule has 286 valence electrons. The largest absolute Gasteiger partial charge is 0.414 e. The Bertz CT molecular complexity index is 837. The summed E-state index contributed by atoms with van der Waals surface area (Å²) in [6.07, 6.45) is 21.5. The highest BCUT2D eigenvalue weighted by molar-refractivity contribution is 6.75. The van der Waals surface area contributed by atoms with Crippen molar-refractivity contribution in [3.05, 3.63) is 12.2 Å². The van der Waals surface area contributed by atoms with Crippen molar-refractivity contribution >= 4 is 30.9 Å². The fourth-order valence-electron chi connectivity index (χ4n) is 4.55. The molecule has 0 radical (unpaired) electrons. The van der Waals surface area contributed by atoms with Gasteiger partial charge in [-0.15, -0.1) is 0 Å². The Morgan fingerprint density at radius 2 is 0.833 bits per heavy atom. The molecule has 0 fully saturated rings. The van der Waals surface area contributed by atoms with E-state index in [4.69, 9.17) is 13.3 Å². The second-order valence-electron chi connectivity index (χ2n) is 19.3. The van der Waals surface area contributed by atoms with Crippen LogP contribution < -0.4 is 5.32 Å². The van der Waals surface area contributed by atoms with Gasteiger partial charge in [0, 0.05) is 6.42 Å². The fraction of sp³-hybridized carbons (Fsp3) is 0.925. The van der Waals surface area contributed by atoms with E-state index in [0.29, 0.717) is 26.2 Å². The lowest BCUT2D eigenvalue weighted by atomic mass is 10.0. The Morgan fingerprint density at radius 1 is 0.521 bits per heavy atom. The maximum atomic E-state index is 13.7. The molecular formula is C40H85NO4Si3. The van der Waals surface area contributed by atoms with Crippen molar-refractivity contribution in [3.63, 3.8) is 0 Å². The smallest absolute Gasteiger partial charge is 0.220 e. The highest BCUT2D eigenvalue weighted by Crippen LogP contribution is 2.40. The van der Waals surface area contributed by atoms with Gasteiger partial charge < -0.3 is 18.6 Å². The number of unbranched alkanes of at least 4 members (excludes halogenated alkanes) is 11. The molecule has 0 aromatic rings. The number of rotatable bonds is 25. The van der Waals surface area contributed by atoms with E-state index in [1.807, 2.05) is 0 Å². The molecule has 0 aromatic heterocycles. The Hall–Kier alpha value is -0.259. The van der Waals surface area contributed by atoms with E-state index in [0.717, 1.165) is 12.8 Å². The first-order valence-electron chi connectivity index (χ1n) is 19.7. The fourth-order valence-corrected chi connectivity index (χ4v) is 7.76. The molecule has 0 aliphatic heterocycles. The quantitative estimate of drug-likeness (QED) is 0.0578. The van der Waals surface area contributed by atoms with E-state index in [1.54, 1.807) is 0 Å². The van der Waals surface area contributed by atoms with Crippen LogP contribution in [-0.2, 0) is 18.1 Å². The van der Waals surface area contributed by atoms with E-state index in [9.17, 15) is 4.79 Å². The first kappa shape index (κ1) is 47.7. The zero-order valence-corrected chi connectivity index (χ0v) is 38.3. The van der Waals surface area contributed by atoms with Gasteiger partial charge in [0.2, 0.25) is 5.91 Å². The lowest BCUT2D eigenvalue weighted by Crippen LogP contribution is -2.63. The van der Waals surface area contributed by atoms with Crippen LogP contribution in [0.2, 0.25) is 54.4 Å². The normalized spacial score (nSPS) is 14.2. The van der Waals surface area contributed by atoms with Crippen molar-refractivity contribution in [2.45, 2.75) is 219 Å². The van der Waals surface area contributed by atoms with Crippen molar-refractivity contribution in [2.75, 3.05) is 19.8 Å². The zero-order chi connectivity index (χ0) is 37.3. The first-order chi connectivity index (χ1) is 21.8. The van der Waals surface area contributed by atoms with Crippen molar-refractivity contribution in [1.82, 2.24) is 5.32 Å². The molecular weight excluding hydrogens is 643 g/mol. The van der Waals surface area contributed by atoms with Crippen LogP contribution in [0, 0.1) is 0 Å². The van der Waals surface area contributed by atoms with Crippen LogP contribution in [0.5, 0.6) is 0 Å². The van der Waals surface area contributed by atoms with Gasteiger partial charge in [0.05, 0.1) is 19.8 Å². The molecule has 0 saturated heterocycles. The summed E-state index contributed by atoms with van der Waals surface area (Å²) in [6.45, 7) is 37.6. The molecule has 0 saturated carbocycles. The Balaban J connectivity index is 5.45. The van der Waals surface area contributed by atoms with Crippen molar-refractivity contribution in [1.29, 1.82) is 0 Å². The third-order valence-electron chi connectivity index (χ3n) is 11.6. The van der Waals surface area contributed by atoms with Crippen molar-refractivity contribution < 1.29 is 18.1 Å². The Labute approximate surface area is 304 Å². The highest BCUT2D eigenvalue weighted by atomic mass is 28.4. The molecule has 1 amide bonds. The number of allylic oxidation sites excluding steroid dienone is 2. The second kappa shape index (κ2) is 21.3. The minimum absolute atomic E-state index is 0.0625. The van der Waals surface area contributed by atoms with Crippen LogP contribution in [0.15, 0.2) is 12.2 Å². The summed E-state index contributed by atoms with van der Waals surface area (Å²) in [7, 11) is -6.29. The molecule has 0 unspecified atom stereocenters. The summed E-state index contributed by atoms with van der Waals surface area (Å²) >= 11 is 0. The molecule has 48 heavy (non-hydrogen) atoms. The van der Waals surface area contributed by atoms with Gasteiger partial charge in [-0.25, -0.2) is 0 Å². The lowest BCUT2D eigenvalue weighted by molar-refractivity contribution is -0.125. The Morgan fingerprint density at radius 3 is 1.17 bits per heavy atom. The van der Waals surface area contributed by atoms with Crippen LogP contribution in [0.4, 0.5) is 0 Å². The molecule has 1 N–H and O–H groups in total. The molecule has 0 rings (SSSR count). The van der Waals surface area contributed by atoms with E-state index >= 15 is 0 Å². The van der Waals surface area contributed by atoms with Crippen molar-refractivity contribution in [2.24, 2.45) is 0 Å². The van der Waals surface area contributed by atoms with E-state index in [2.05, 4.69) is 126 Å². The van der Waals surface area contributed by atoms with Gasteiger partial charge >= 0.3 is 0 Å². The van der Waals surface area contributed by atoms with Gasteiger partial charge in [-0.1, -0.05) is 133 Å². The van der Waals surface area contributed by atoms with Crippen LogP contribution >= 0.6 is 0 Å². The topological polar surface area (TPSA) is 56.8 Å². The van der Waals surface area contributed by atoms with Crippen LogP contribution in [0.1, 0.15) is 159 Å². The number of hydrogen-bond acceptors (Lipinski definition) is 4. The number of hydrogen-bond donors (Lipinski definition) is 1. The van der Waals surface area contributed by atoms with Gasteiger partial charge in [-0.2, -0.15) is 0 Å². The molecule has 0 aliphatic carbocycles. The van der Waals surface area contributed by atoms with Crippen molar-refractivity contribution in [3.8, 4) is 0 Å². The minimum atomic E-state index is -2.10. The van der Waals surface area contributed by atoms with Crippen LogP contribution in [0.3, 0.4) is 0 Å². The first-order valence-corrected chi connectivity index (χ1v) is 28.4. The monoisotopic (exact) mass is 728 g/mol. The molecule has 0 spiro atoms. The number of amides is 1. The van der Waals surface area contributed by atoms with Gasteiger partial charge in [-0.05, 0) is 86.5 Å². The van der Waals surface area contributed by atoms with Crippen LogP contribution in [-0.4, -0.2) is 56.2 Å². The SMILES string of the molecule is CCCCCCCCC=CCCCCCCCC(=O)NC(CO[Si](C)(C)C(C)(C)C)(CO[Si](C)(C)C(C)(C)C)CO[Si](C)(C)C(C)(C)C. The summed E-state index contributed by atoms with van der Waals surface area (Å²) in [5, 5.41) is 3.68.